The molecule has 0 aliphatic carbocycles. The molecule has 0 saturated carbocycles. The number of hydrogen-bond acceptors (Lipinski definition) is 3. The van der Waals surface area contributed by atoms with E-state index >= 15 is 0 Å². The Hall–Kier alpha value is -0.690. The SMILES string of the molecule is CSCC(C)N(C)C(=O)C(C)(C)C#N. The summed E-state index contributed by atoms with van der Waals surface area (Å²) in [4.78, 5) is 13.5. The van der Waals surface area contributed by atoms with Gasteiger partial charge >= 0.3 is 0 Å². The fourth-order valence-electron chi connectivity index (χ4n) is 1.04. The molecule has 0 bridgehead atoms. The lowest BCUT2D eigenvalue weighted by Gasteiger charge is -2.29. The van der Waals surface area contributed by atoms with Crippen molar-refractivity contribution in [3.63, 3.8) is 0 Å². The highest BCUT2D eigenvalue weighted by atomic mass is 32.2. The number of carbonyl (C=O) groups excluding carboxylic acids is 1. The summed E-state index contributed by atoms with van der Waals surface area (Å²) in [5.41, 5.74) is -0.915. The van der Waals surface area contributed by atoms with Gasteiger partial charge in [0.15, 0.2) is 0 Å². The molecule has 0 heterocycles. The van der Waals surface area contributed by atoms with Gasteiger partial charge in [0.2, 0.25) is 5.91 Å². The molecule has 1 unspecified atom stereocenters. The lowest BCUT2D eigenvalue weighted by molar-refractivity contribution is -0.137. The van der Waals surface area contributed by atoms with Gasteiger partial charge in [-0.2, -0.15) is 17.0 Å². The minimum Gasteiger partial charge on any atom is -0.341 e. The summed E-state index contributed by atoms with van der Waals surface area (Å²) < 4.78 is 0. The Morgan fingerprint density at radius 1 is 1.64 bits per heavy atom. The smallest absolute Gasteiger partial charge is 0.242 e. The average molecular weight is 214 g/mol. The molecule has 0 saturated heterocycles. The second-order valence-electron chi connectivity index (χ2n) is 3.96. The fourth-order valence-corrected chi connectivity index (χ4v) is 1.75. The molecule has 14 heavy (non-hydrogen) atoms. The third-order valence-electron chi connectivity index (χ3n) is 2.20. The van der Waals surface area contributed by atoms with Gasteiger partial charge in [-0.05, 0) is 27.0 Å². The highest BCUT2D eigenvalue weighted by Gasteiger charge is 2.31. The summed E-state index contributed by atoms with van der Waals surface area (Å²) in [6.45, 7) is 5.29. The third kappa shape index (κ3) is 3.22. The quantitative estimate of drug-likeness (QED) is 0.716. The largest absolute Gasteiger partial charge is 0.341 e. The number of carbonyl (C=O) groups is 1. The Balaban J connectivity index is 4.48. The molecule has 1 atom stereocenters. The van der Waals surface area contributed by atoms with Gasteiger partial charge in [-0.3, -0.25) is 4.79 Å². The summed E-state index contributed by atoms with van der Waals surface area (Å²) in [5.74, 6) is 0.783. The van der Waals surface area contributed by atoms with Crippen molar-refractivity contribution in [3.8, 4) is 6.07 Å². The van der Waals surface area contributed by atoms with Crippen LogP contribution < -0.4 is 0 Å². The van der Waals surface area contributed by atoms with Crippen molar-refractivity contribution in [2.45, 2.75) is 26.8 Å². The van der Waals surface area contributed by atoms with E-state index in [9.17, 15) is 4.79 Å². The third-order valence-corrected chi connectivity index (χ3v) is 3.02. The van der Waals surface area contributed by atoms with Gasteiger partial charge in [0.1, 0.15) is 5.41 Å². The van der Waals surface area contributed by atoms with Crippen LogP contribution in [0.2, 0.25) is 0 Å². The first-order valence-corrected chi connectivity index (χ1v) is 5.93. The van der Waals surface area contributed by atoms with Crippen LogP contribution in [0.5, 0.6) is 0 Å². The van der Waals surface area contributed by atoms with Gasteiger partial charge < -0.3 is 4.90 Å². The van der Waals surface area contributed by atoms with Gasteiger partial charge in [-0.15, -0.1) is 0 Å². The van der Waals surface area contributed by atoms with E-state index in [0.29, 0.717) is 0 Å². The first kappa shape index (κ1) is 13.3. The number of amides is 1. The van der Waals surface area contributed by atoms with Crippen molar-refractivity contribution in [1.82, 2.24) is 4.90 Å². The van der Waals surface area contributed by atoms with Gasteiger partial charge in [0.05, 0.1) is 6.07 Å². The number of nitrogens with zero attached hydrogens (tertiary/aromatic N) is 2. The minimum atomic E-state index is -0.915. The van der Waals surface area contributed by atoms with Crippen LogP contribution in [0.25, 0.3) is 0 Å². The van der Waals surface area contributed by atoms with Gasteiger partial charge in [0, 0.05) is 18.8 Å². The topological polar surface area (TPSA) is 44.1 Å². The van der Waals surface area contributed by atoms with Gasteiger partial charge in [-0.1, -0.05) is 0 Å². The Bertz CT molecular complexity index is 245. The van der Waals surface area contributed by atoms with Crippen molar-refractivity contribution in [2.75, 3.05) is 19.1 Å². The Morgan fingerprint density at radius 3 is 2.50 bits per heavy atom. The maximum atomic E-state index is 11.8. The van der Waals surface area contributed by atoms with Crippen LogP contribution in [0.3, 0.4) is 0 Å². The molecule has 3 nitrogen and oxygen atoms in total. The summed E-state index contributed by atoms with van der Waals surface area (Å²) in [7, 11) is 1.75. The van der Waals surface area contributed by atoms with Crippen LogP contribution in [0, 0.1) is 16.7 Å². The molecule has 0 fully saturated rings. The highest BCUT2D eigenvalue weighted by molar-refractivity contribution is 7.98. The molecule has 1 amide bonds. The first-order valence-electron chi connectivity index (χ1n) is 4.54. The van der Waals surface area contributed by atoms with E-state index in [0.717, 1.165) is 5.75 Å². The van der Waals surface area contributed by atoms with Crippen molar-refractivity contribution in [3.05, 3.63) is 0 Å². The zero-order valence-corrected chi connectivity index (χ0v) is 10.3. The van der Waals surface area contributed by atoms with Crippen molar-refractivity contribution in [1.29, 1.82) is 5.26 Å². The number of rotatable bonds is 4. The highest BCUT2D eigenvalue weighted by Crippen LogP contribution is 2.18. The van der Waals surface area contributed by atoms with E-state index in [2.05, 4.69) is 0 Å². The van der Waals surface area contributed by atoms with Crippen LogP contribution in [0.1, 0.15) is 20.8 Å². The van der Waals surface area contributed by atoms with Crippen LogP contribution in [0.4, 0.5) is 0 Å². The van der Waals surface area contributed by atoms with Crippen LogP contribution in [0.15, 0.2) is 0 Å². The Morgan fingerprint density at radius 2 is 2.14 bits per heavy atom. The molecule has 0 rings (SSSR count). The van der Waals surface area contributed by atoms with Crippen LogP contribution >= 0.6 is 11.8 Å². The molecular formula is C10H18N2OS. The second kappa shape index (κ2) is 5.26. The van der Waals surface area contributed by atoms with Crippen molar-refractivity contribution in [2.24, 2.45) is 5.41 Å². The van der Waals surface area contributed by atoms with E-state index in [1.807, 2.05) is 19.2 Å². The molecule has 0 radical (unpaired) electrons. The molecule has 80 valence electrons. The number of thioether (sulfide) groups is 1. The summed E-state index contributed by atoms with van der Waals surface area (Å²) >= 11 is 1.70. The Kier molecular flexibility index (Phi) is 5.00. The average Bonchev–Trinajstić information content (AvgIpc) is 2.15. The number of hydrogen-bond donors (Lipinski definition) is 0. The predicted octanol–water partition coefficient (Wildman–Crippen LogP) is 1.75. The predicted molar refractivity (Wildman–Crippen MR) is 60.0 cm³/mol. The van der Waals surface area contributed by atoms with E-state index in [-0.39, 0.29) is 11.9 Å². The summed E-state index contributed by atoms with van der Waals surface area (Å²) in [6, 6.07) is 2.19. The molecule has 0 aliphatic heterocycles. The molecule has 0 spiro atoms. The maximum Gasteiger partial charge on any atom is 0.242 e. The minimum absolute atomic E-state index is 0.110. The second-order valence-corrected chi connectivity index (χ2v) is 4.87. The lowest BCUT2D eigenvalue weighted by atomic mass is 9.93. The van der Waals surface area contributed by atoms with Crippen molar-refractivity contribution >= 4 is 17.7 Å². The molecule has 4 heteroatoms. The van der Waals surface area contributed by atoms with E-state index in [1.165, 1.54) is 0 Å². The Labute approximate surface area is 90.5 Å². The summed E-state index contributed by atoms with van der Waals surface area (Å²) in [6.07, 6.45) is 2.00. The lowest BCUT2D eigenvalue weighted by Crippen LogP contribution is -2.43. The fraction of sp³-hybridized carbons (Fsp3) is 0.800. The summed E-state index contributed by atoms with van der Waals surface area (Å²) in [5, 5.41) is 8.82. The van der Waals surface area contributed by atoms with Gasteiger partial charge in [-0.25, -0.2) is 0 Å². The normalized spacial score (nSPS) is 13.1. The zero-order chi connectivity index (χ0) is 11.4. The molecular weight excluding hydrogens is 196 g/mol. The zero-order valence-electron chi connectivity index (χ0n) is 9.50. The maximum absolute atomic E-state index is 11.8. The number of nitriles is 1. The van der Waals surface area contributed by atoms with Crippen LogP contribution in [-0.4, -0.2) is 35.9 Å². The molecule has 0 aromatic carbocycles. The molecule has 0 aromatic rings. The van der Waals surface area contributed by atoms with E-state index in [4.69, 9.17) is 5.26 Å². The molecule has 0 aromatic heterocycles. The monoisotopic (exact) mass is 214 g/mol. The molecule has 0 N–H and O–H groups in total. The first-order chi connectivity index (χ1) is 6.36. The van der Waals surface area contributed by atoms with Gasteiger partial charge in [0.25, 0.3) is 0 Å². The van der Waals surface area contributed by atoms with E-state index in [1.54, 1.807) is 37.6 Å². The van der Waals surface area contributed by atoms with Crippen LogP contribution in [-0.2, 0) is 4.79 Å². The van der Waals surface area contributed by atoms with Crippen molar-refractivity contribution < 1.29 is 4.79 Å². The standard InChI is InChI=1S/C10H18N2OS/c1-8(6-14-5)12(4)9(13)10(2,3)7-11/h8H,6H2,1-5H3. The van der Waals surface area contributed by atoms with E-state index < -0.39 is 5.41 Å². The molecule has 0 aliphatic rings.